The SMILES string of the molecule is Nc1cccc2ccnc(NCc3ccco3)c12. The van der Waals surface area contributed by atoms with E-state index in [2.05, 4.69) is 10.3 Å². The van der Waals surface area contributed by atoms with Gasteiger partial charge in [-0.25, -0.2) is 4.98 Å². The van der Waals surface area contributed by atoms with Crippen LogP contribution in [0.3, 0.4) is 0 Å². The third kappa shape index (κ3) is 1.88. The predicted octanol–water partition coefficient (Wildman–Crippen LogP) is 3.02. The Kier molecular flexibility index (Phi) is 2.61. The summed E-state index contributed by atoms with van der Waals surface area (Å²) in [5.74, 6) is 1.64. The van der Waals surface area contributed by atoms with E-state index < -0.39 is 0 Å². The van der Waals surface area contributed by atoms with Crippen molar-refractivity contribution in [3.8, 4) is 0 Å². The molecule has 0 aliphatic heterocycles. The van der Waals surface area contributed by atoms with Gasteiger partial charge >= 0.3 is 0 Å². The molecule has 0 aliphatic rings. The highest BCUT2D eigenvalue weighted by Crippen LogP contribution is 2.26. The van der Waals surface area contributed by atoms with Gasteiger partial charge in [-0.15, -0.1) is 0 Å². The van der Waals surface area contributed by atoms with Crippen molar-refractivity contribution >= 4 is 22.3 Å². The lowest BCUT2D eigenvalue weighted by molar-refractivity contribution is 0.518. The van der Waals surface area contributed by atoms with Gasteiger partial charge in [-0.3, -0.25) is 0 Å². The van der Waals surface area contributed by atoms with Crippen LogP contribution in [0.1, 0.15) is 5.76 Å². The number of hydrogen-bond acceptors (Lipinski definition) is 4. The van der Waals surface area contributed by atoms with Crippen molar-refractivity contribution in [3.05, 3.63) is 54.6 Å². The molecular weight excluding hydrogens is 226 g/mol. The summed E-state index contributed by atoms with van der Waals surface area (Å²) in [5.41, 5.74) is 6.73. The Labute approximate surface area is 104 Å². The summed E-state index contributed by atoms with van der Waals surface area (Å²) < 4.78 is 5.28. The molecule has 0 aliphatic carbocycles. The van der Waals surface area contributed by atoms with Crippen LogP contribution in [-0.2, 0) is 6.54 Å². The number of fused-ring (bicyclic) bond motifs is 1. The minimum atomic E-state index is 0.591. The van der Waals surface area contributed by atoms with Crippen LogP contribution in [0.4, 0.5) is 11.5 Å². The Hall–Kier alpha value is -2.49. The fraction of sp³-hybridized carbons (Fsp3) is 0.0714. The zero-order valence-electron chi connectivity index (χ0n) is 9.76. The van der Waals surface area contributed by atoms with E-state index in [4.69, 9.17) is 10.2 Å². The lowest BCUT2D eigenvalue weighted by Gasteiger charge is -2.09. The zero-order chi connectivity index (χ0) is 12.4. The van der Waals surface area contributed by atoms with Crippen molar-refractivity contribution in [2.45, 2.75) is 6.54 Å². The maximum Gasteiger partial charge on any atom is 0.136 e. The highest BCUT2D eigenvalue weighted by atomic mass is 16.3. The summed E-state index contributed by atoms with van der Waals surface area (Å²) >= 11 is 0. The monoisotopic (exact) mass is 239 g/mol. The highest BCUT2D eigenvalue weighted by Gasteiger charge is 2.05. The molecule has 3 rings (SSSR count). The smallest absolute Gasteiger partial charge is 0.136 e. The summed E-state index contributed by atoms with van der Waals surface area (Å²) in [6.45, 7) is 0.591. The molecule has 3 N–H and O–H groups in total. The average Bonchev–Trinajstić information content (AvgIpc) is 2.89. The van der Waals surface area contributed by atoms with Gasteiger partial charge in [-0.2, -0.15) is 0 Å². The molecule has 0 saturated carbocycles. The van der Waals surface area contributed by atoms with Crippen LogP contribution in [0.2, 0.25) is 0 Å². The standard InChI is InChI=1S/C14H13N3O/c15-12-5-1-3-10-6-7-16-14(13(10)12)17-9-11-4-2-8-18-11/h1-8H,9,15H2,(H,16,17). The van der Waals surface area contributed by atoms with Crippen LogP contribution >= 0.6 is 0 Å². The number of nitrogen functional groups attached to an aromatic ring is 1. The number of rotatable bonds is 3. The van der Waals surface area contributed by atoms with Gasteiger partial charge in [0.05, 0.1) is 12.8 Å². The van der Waals surface area contributed by atoms with Crippen LogP contribution < -0.4 is 11.1 Å². The first-order valence-electron chi connectivity index (χ1n) is 5.74. The Balaban J connectivity index is 1.96. The van der Waals surface area contributed by atoms with E-state index in [-0.39, 0.29) is 0 Å². The highest BCUT2D eigenvalue weighted by molar-refractivity contribution is 6.00. The van der Waals surface area contributed by atoms with E-state index in [9.17, 15) is 0 Å². The number of hydrogen-bond donors (Lipinski definition) is 2. The van der Waals surface area contributed by atoms with E-state index >= 15 is 0 Å². The Morgan fingerprint density at radius 1 is 1.17 bits per heavy atom. The van der Waals surface area contributed by atoms with Gasteiger partial charge in [0, 0.05) is 17.3 Å². The number of nitrogens with one attached hydrogen (secondary N) is 1. The number of anilines is 2. The summed E-state index contributed by atoms with van der Waals surface area (Å²) in [6, 6.07) is 11.6. The second kappa shape index (κ2) is 4.41. The van der Waals surface area contributed by atoms with E-state index in [0.717, 1.165) is 28.0 Å². The van der Waals surface area contributed by atoms with Gasteiger partial charge in [0.15, 0.2) is 0 Å². The first kappa shape index (κ1) is 10.7. The predicted molar refractivity (Wildman–Crippen MR) is 72.2 cm³/mol. The summed E-state index contributed by atoms with van der Waals surface area (Å²) in [4.78, 5) is 4.33. The Morgan fingerprint density at radius 2 is 2.11 bits per heavy atom. The lowest BCUT2D eigenvalue weighted by atomic mass is 10.1. The third-order valence-electron chi connectivity index (χ3n) is 2.83. The van der Waals surface area contributed by atoms with Crippen LogP contribution in [0, 0.1) is 0 Å². The molecule has 0 radical (unpaired) electrons. The lowest BCUT2D eigenvalue weighted by Crippen LogP contribution is -2.02. The van der Waals surface area contributed by atoms with Crippen molar-refractivity contribution in [1.82, 2.24) is 4.98 Å². The second-order valence-corrected chi connectivity index (χ2v) is 4.04. The molecule has 2 aromatic heterocycles. The molecule has 18 heavy (non-hydrogen) atoms. The number of furan rings is 1. The molecule has 90 valence electrons. The molecule has 0 atom stereocenters. The van der Waals surface area contributed by atoms with Gasteiger partial charge in [-0.05, 0) is 29.7 Å². The normalized spacial score (nSPS) is 10.7. The van der Waals surface area contributed by atoms with Crippen LogP contribution in [-0.4, -0.2) is 4.98 Å². The molecule has 4 nitrogen and oxygen atoms in total. The number of pyridine rings is 1. The van der Waals surface area contributed by atoms with Gasteiger partial charge in [0.2, 0.25) is 0 Å². The van der Waals surface area contributed by atoms with Gasteiger partial charge in [0.1, 0.15) is 11.6 Å². The maximum atomic E-state index is 6.00. The molecule has 0 unspecified atom stereocenters. The zero-order valence-corrected chi connectivity index (χ0v) is 9.76. The Morgan fingerprint density at radius 3 is 2.94 bits per heavy atom. The van der Waals surface area contributed by atoms with Gasteiger partial charge in [-0.1, -0.05) is 12.1 Å². The third-order valence-corrected chi connectivity index (χ3v) is 2.83. The molecule has 4 heteroatoms. The number of nitrogens with two attached hydrogens (primary N) is 1. The minimum Gasteiger partial charge on any atom is -0.467 e. The molecule has 3 aromatic rings. The molecule has 0 bridgehead atoms. The van der Waals surface area contributed by atoms with E-state index in [1.807, 2.05) is 36.4 Å². The minimum absolute atomic E-state index is 0.591. The molecule has 0 saturated heterocycles. The molecule has 0 amide bonds. The summed E-state index contributed by atoms with van der Waals surface area (Å²) in [7, 11) is 0. The maximum absolute atomic E-state index is 6.00. The van der Waals surface area contributed by atoms with Crippen molar-refractivity contribution in [1.29, 1.82) is 0 Å². The van der Waals surface area contributed by atoms with Crippen LogP contribution in [0.15, 0.2) is 53.3 Å². The van der Waals surface area contributed by atoms with E-state index in [1.54, 1.807) is 12.5 Å². The van der Waals surface area contributed by atoms with Crippen molar-refractivity contribution in [2.24, 2.45) is 0 Å². The first-order chi connectivity index (χ1) is 8.84. The number of nitrogens with zero attached hydrogens (tertiary/aromatic N) is 1. The van der Waals surface area contributed by atoms with Gasteiger partial charge in [0.25, 0.3) is 0 Å². The first-order valence-corrected chi connectivity index (χ1v) is 5.74. The molecule has 0 fully saturated rings. The number of aromatic nitrogens is 1. The van der Waals surface area contributed by atoms with Crippen LogP contribution in [0.25, 0.3) is 10.8 Å². The fourth-order valence-electron chi connectivity index (χ4n) is 1.98. The fourth-order valence-corrected chi connectivity index (χ4v) is 1.98. The van der Waals surface area contributed by atoms with Crippen molar-refractivity contribution in [2.75, 3.05) is 11.1 Å². The van der Waals surface area contributed by atoms with Gasteiger partial charge < -0.3 is 15.5 Å². The summed E-state index contributed by atoms with van der Waals surface area (Å²) in [5, 5.41) is 5.27. The van der Waals surface area contributed by atoms with E-state index in [1.165, 1.54) is 0 Å². The Bertz CT molecular complexity index is 657. The summed E-state index contributed by atoms with van der Waals surface area (Å²) in [6.07, 6.45) is 3.42. The topological polar surface area (TPSA) is 64.1 Å². The van der Waals surface area contributed by atoms with E-state index in [0.29, 0.717) is 6.54 Å². The molecule has 0 spiro atoms. The molecule has 2 heterocycles. The number of benzene rings is 1. The quantitative estimate of drug-likeness (QED) is 0.689. The average molecular weight is 239 g/mol. The largest absolute Gasteiger partial charge is 0.467 e. The van der Waals surface area contributed by atoms with Crippen LogP contribution in [0.5, 0.6) is 0 Å². The van der Waals surface area contributed by atoms with Crippen molar-refractivity contribution < 1.29 is 4.42 Å². The molecule has 1 aromatic carbocycles. The second-order valence-electron chi connectivity index (χ2n) is 4.04. The van der Waals surface area contributed by atoms with Crippen molar-refractivity contribution in [3.63, 3.8) is 0 Å². The molecular formula is C14H13N3O.